The highest BCUT2D eigenvalue weighted by molar-refractivity contribution is 6.03. The summed E-state index contributed by atoms with van der Waals surface area (Å²) in [4.78, 5) is 30.2. The molecule has 1 atom stereocenters. The van der Waals surface area contributed by atoms with E-state index in [1.54, 1.807) is 25.3 Å². The monoisotopic (exact) mass is 325 g/mol. The average molecular weight is 325 g/mol. The minimum Gasteiger partial charge on any atom is -0.479 e. The summed E-state index contributed by atoms with van der Waals surface area (Å²) in [5.74, 6) is 0.197. The summed E-state index contributed by atoms with van der Waals surface area (Å²) in [6.07, 6.45) is 1.78. The van der Waals surface area contributed by atoms with Gasteiger partial charge in [-0.25, -0.2) is 0 Å². The van der Waals surface area contributed by atoms with E-state index < -0.39 is 6.10 Å². The van der Waals surface area contributed by atoms with Crippen molar-refractivity contribution >= 4 is 17.5 Å². The fourth-order valence-electron chi connectivity index (χ4n) is 2.60. The largest absolute Gasteiger partial charge is 0.479 e. The van der Waals surface area contributed by atoms with E-state index in [9.17, 15) is 9.59 Å². The van der Waals surface area contributed by atoms with E-state index in [1.807, 2.05) is 30.3 Å². The minimum absolute atomic E-state index is 0.0221. The minimum atomic E-state index is -0.596. The molecule has 0 saturated heterocycles. The summed E-state index contributed by atoms with van der Waals surface area (Å²) < 4.78 is 5.56. The lowest BCUT2D eigenvalue weighted by atomic mass is 10.2. The SMILES string of the molecule is C[C@@H]1Oc2ccccc2N(CC(=O)NCCc2ccccn2)C1=O. The predicted molar refractivity (Wildman–Crippen MR) is 89.8 cm³/mol. The number of carbonyl (C=O) groups excluding carboxylic acids is 2. The maximum atomic E-state index is 12.3. The van der Waals surface area contributed by atoms with E-state index in [1.165, 1.54) is 4.90 Å². The van der Waals surface area contributed by atoms with Gasteiger partial charge in [-0.1, -0.05) is 18.2 Å². The molecule has 6 nitrogen and oxygen atoms in total. The number of benzene rings is 1. The molecule has 2 aromatic rings. The third-order valence-corrected chi connectivity index (χ3v) is 3.80. The molecule has 1 N–H and O–H groups in total. The molecule has 0 saturated carbocycles. The lowest BCUT2D eigenvalue weighted by molar-refractivity contribution is -0.128. The van der Waals surface area contributed by atoms with E-state index in [2.05, 4.69) is 10.3 Å². The Hall–Kier alpha value is -2.89. The van der Waals surface area contributed by atoms with Gasteiger partial charge in [-0.2, -0.15) is 0 Å². The maximum absolute atomic E-state index is 12.3. The summed E-state index contributed by atoms with van der Waals surface area (Å²) in [5.41, 5.74) is 1.54. The molecule has 24 heavy (non-hydrogen) atoms. The van der Waals surface area contributed by atoms with Gasteiger partial charge >= 0.3 is 0 Å². The number of carbonyl (C=O) groups is 2. The second-order valence-corrected chi connectivity index (χ2v) is 5.57. The zero-order valence-electron chi connectivity index (χ0n) is 13.4. The molecule has 0 unspecified atom stereocenters. The van der Waals surface area contributed by atoms with Crippen molar-refractivity contribution in [2.45, 2.75) is 19.4 Å². The lowest BCUT2D eigenvalue weighted by Gasteiger charge is -2.32. The van der Waals surface area contributed by atoms with Crippen molar-refractivity contribution in [3.63, 3.8) is 0 Å². The Balaban J connectivity index is 1.60. The van der Waals surface area contributed by atoms with Crippen LogP contribution >= 0.6 is 0 Å². The van der Waals surface area contributed by atoms with Crippen molar-refractivity contribution in [3.05, 3.63) is 54.4 Å². The molecule has 0 radical (unpaired) electrons. The molecule has 1 aliphatic rings. The summed E-state index contributed by atoms with van der Waals surface area (Å²) in [6.45, 7) is 2.14. The molecule has 1 aromatic carbocycles. The second-order valence-electron chi connectivity index (χ2n) is 5.57. The number of para-hydroxylation sites is 2. The number of nitrogens with one attached hydrogen (secondary N) is 1. The highest BCUT2D eigenvalue weighted by Crippen LogP contribution is 2.33. The predicted octanol–water partition coefficient (Wildman–Crippen LogP) is 1.55. The van der Waals surface area contributed by atoms with Gasteiger partial charge in [0, 0.05) is 24.9 Å². The van der Waals surface area contributed by atoms with Crippen LogP contribution in [0.3, 0.4) is 0 Å². The zero-order chi connectivity index (χ0) is 16.9. The molecule has 124 valence electrons. The lowest BCUT2D eigenvalue weighted by Crippen LogP contribution is -2.49. The van der Waals surface area contributed by atoms with Crippen molar-refractivity contribution in [2.75, 3.05) is 18.0 Å². The molecule has 3 rings (SSSR count). The molecule has 0 bridgehead atoms. The number of fused-ring (bicyclic) bond motifs is 1. The molecule has 1 aromatic heterocycles. The summed E-state index contributed by atoms with van der Waals surface area (Å²) in [7, 11) is 0. The standard InChI is InChI=1S/C18H19N3O3/c1-13-18(23)21(15-7-2-3-8-16(15)24-13)12-17(22)20-11-9-14-6-4-5-10-19-14/h2-8,10,13H,9,11-12H2,1H3,(H,20,22)/t13-/m0/s1. The van der Waals surface area contributed by atoms with E-state index in [0.29, 0.717) is 24.4 Å². The number of amides is 2. The fraction of sp³-hybridized carbons (Fsp3) is 0.278. The molecule has 0 aliphatic carbocycles. The Morgan fingerprint density at radius 2 is 2.04 bits per heavy atom. The molecule has 2 amide bonds. The van der Waals surface area contributed by atoms with Crippen LogP contribution in [-0.2, 0) is 16.0 Å². The van der Waals surface area contributed by atoms with Crippen LogP contribution in [0.4, 0.5) is 5.69 Å². The van der Waals surface area contributed by atoms with Gasteiger partial charge in [-0.15, -0.1) is 0 Å². The first-order valence-corrected chi connectivity index (χ1v) is 7.89. The van der Waals surface area contributed by atoms with Crippen molar-refractivity contribution in [2.24, 2.45) is 0 Å². The number of nitrogens with zero attached hydrogens (tertiary/aromatic N) is 2. The summed E-state index contributed by atoms with van der Waals surface area (Å²) in [5, 5.41) is 2.83. The first kappa shape index (κ1) is 16.0. The van der Waals surface area contributed by atoms with Crippen LogP contribution in [0.5, 0.6) is 5.75 Å². The van der Waals surface area contributed by atoms with E-state index >= 15 is 0 Å². The number of hydrogen-bond acceptors (Lipinski definition) is 4. The first-order chi connectivity index (χ1) is 11.6. The van der Waals surface area contributed by atoms with Crippen LogP contribution in [0.2, 0.25) is 0 Å². The molecule has 0 fully saturated rings. The van der Waals surface area contributed by atoms with Crippen LogP contribution < -0.4 is 15.0 Å². The van der Waals surface area contributed by atoms with Gasteiger partial charge in [-0.3, -0.25) is 19.5 Å². The van der Waals surface area contributed by atoms with Gasteiger partial charge in [0.2, 0.25) is 5.91 Å². The van der Waals surface area contributed by atoms with E-state index in [4.69, 9.17) is 4.74 Å². The Morgan fingerprint density at radius 3 is 2.83 bits per heavy atom. The van der Waals surface area contributed by atoms with E-state index in [0.717, 1.165) is 5.69 Å². The first-order valence-electron chi connectivity index (χ1n) is 7.89. The summed E-state index contributed by atoms with van der Waals surface area (Å²) in [6, 6.07) is 12.9. The van der Waals surface area contributed by atoms with Gasteiger partial charge in [0.15, 0.2) is 6.10 Å². The van der Waals surface area contributed by atoms with Crippen molar-refractivity contribution in [1.29, 1.82) is 0 Å². The van der Waals surface area contributed by atoms with Crippen LogP contribution in [-0.4, -0.2) is 36.0 Å². The van der Waals surface area contributed by atoms with E-state index in [-0.39, 0.29) is 18.4 Å². The fourth-order valence-corrected chi connectivity index (χ4v) is 2.60. The number of aromatic nitrogens is 1. The van der Waals surface area contributed by atoms with Gasteiger partial charge in [-0.05, 0) is 31.2 Å². The molecule has 0 spiro atoms. The third-order valence-electron chi connectivity index (χ3n) is 3.80. The van der Waals surface area contributed by atoms with Crippen molar-refractivity contribution < 1.29 is 14.3 Å². The number of ether oxygens (including phenoxy) is 1. The third kappa shape index (κ3) is 3.53. The highest BCUT2D eigenvalue weighted by Gasteiger charge is 2.32. The highest BCUT2D eigenvalue weighted by atomic mass is 16.5. The normalized spacial score (nSPS) is 16.3. The molecular formula is C18H19N3O3. The van der Waals surface area contributed by atoms with Crippen molar-refractivity contribution in [3.8, 4) is 5.75 Å². The molecule has 1 aliphatic heterocycles. The number of pyridine rings is 1. The van der Waals surface area contributed by atoms with Gasteiger partial charge in [0.05, 0.1) is 5.69 Å². The number of anilines is 1. The number of rotatable bonds is 5. The average Bonchev–Trinajstić information content (AvgIpc) is 2.60. The Morgan fingerprint density at radius 1 is 1.25 bits per heavy atom. The van der Waals surface area contributed by atoms with Crippen LogP contribution in [0.15, 0.2) is 48.7 Å². The topological polar surface area (TPSA) is 71.5 Å². The number of hydrogen-bond donors (Lipinski definition) is 1. The van der Waals surface area contributed by atoms with Gasteiger partial charge in [0.25, 0.3) is 5.91 Å². The Kier molecular flexibility index (Phi) is 4.74. The van der Waals surface area contributed by atoms with Crippen LogP contribution in [0, 0.1) is 0 Å². The molecule has 2 heterocycles. The maximum Gasteiger partial charge on any atom is 0.268 e. The summed E-state index contributed by atoms with van der Waals surface area (Å²) >= 11 is 0. The quantitative estimate of drug-likeness (QED) is 0.905. The Bertz CT molecular complexity index is 733. The molecular weight excluding hydrogens is 306 g/mol. The van der Waals surface area contributed by atoms with Crippen molar-refractivity contribution in [1.82, 2.24) is 10.3 Å². The van der Waals surface area contributed by atoms with Crippen LogP contribution in [0.25, 0.3) is 0 Å². The van der Waals surface area contributed by atoms with Crippen LogP contribution in [0.1, 0.15) is 12.6 Å². The van der Waals surface area contributed by atoms with Gasteiger partial charge in [0.1, 0.15) is 12.3 Å². The van der Waals surface area contributed by atoms with Gasteiger partial charge < -0.3 is 10.1 Å². The smallest absolute Gasteiger partial charge is 0.268 e. The second kappa shape index (κ2) is 7.12. The Labute approximate surface area is 140 Å². The zero-order valence-corrected chi connectivity index (χ0v) is 13.4. The molecule has 6 heteroatoms.